The lowest BCUT2D eigenvalue weighted by Gasteiger charge is -2.31. The molecule has 0 unspecified atom stereocenters. The zero-order chi connectivity index (χ0) is 13.8. The van der Waals surface area contributed by atoms with Crippen LogP contribution >= 0.6 is 0 Å². The highest BCUT2D eigenvalue weighted by Crippen LogP contribution is 2.21. The number of hydrogen-bond acceptors (Lipinski definition) is 3. The number of nitrogens with two attached hydrogens (primary N) is 1. The molecule has 1 aromatic rings. The number of nitrogens with zero attached hydrogens (tertiary/aromatic N) is 2. The molecule has 2 N–H and O–H groups in total. The summed E-state index contributed by atoms with van der Waals surface area (Å²) in [4.78, 5) is 25.6. The van der Waals surface area contributed by atoms with Crippen LogP contribution in [0.3, 0.4) is 0 Å². The molecule has 1 aromatic heterocycles. The quantitative estimate of drug-likeness (QED) is 0.891. The molecule has 0 aliphatic heterocycles. The highest BCUT2D eigenvalue weighted by atomic mass is 16.2. The first-order chi connectivity index (χ1) is 9.08. The monoisotopic (exact) mass is 263 g/mol. The number of rotatable bonds is 3. The fraction of sp³-hybridized carbons (Fsp3) is 0.571. The van der Waals surface area contributed by atoms with Crippen molar-refractivity contribution in [3.63, 3.8) is 0 Å². The maximum absolute atomic E-state index is 12.2. The van der Waals surface area contributed by atoms with Crippen molar-refractivity contribution in [3.05, 3.63) is 28.7 Å². The summed E-state index contributed by atoms with van der Waals surface area (Å²) in [5.74, 6) is -0.0281. The molecule has 0 spiro atoms. The third-order valence-electron chi connectivity index (χ3n) is 3.83. The van der Waals surface area contributed by atoms with E-state index >= 15 is 0 Å². The Morgan fingerprint density at radius 2 is 2.05 bits per heavy atom. The lowest BCUT2D eigenvalue weighted by Crippen LogP contribution is -2.41. The number of hydrogen-bond donors (Lipinski definition) is 1. The highest BCUT2D eigenvalue weighted by molar-refractivity contribution is 5.76. The molecule has 0 bridgehead atoms. The van der Waals surface area contributed by atoms with Gasteiger partial charge in [0, 0.05) is 31.0 Å². The third kappa shape index (κ3) is 3.36. The number of anilines is 1. The average Bonchev–Trinajstić information content (AvgIpc) is 2.43. The summed E-state index contributed by atoms with van der Waals surface area (Å²) in [6.07, 6.45) is 7.27. The fourth-order valence-electron chi connectivity index (χ4n) is 2.60. The van der Waals surface area contributed by atoms with Gasteiger partial charge in [-0.2, -0.15) is 0 Å². The van der Waals surface area contributed by atoms with Crippen molar-refractivity contribution in [2.75, 3.05) is 12.8 Å². The van der Waals surface area contributed by atoms with E-state index in [1.54, 1.807) is 11.0 Å². The second kappa shape index (κ2) is 5.91. The van der Waals surface area contributed by atoms with Crippen LogP contribution in [0.2, 0.25) is 0 Å². The number of aromatic nitrogens is 1. The molecule has 1 fully saturated rings. The molecule has 1 aliphatic carbocycles. The van der Waals surface area contributed by atoms with Crippen molar-refractivity contribution in [3.8, 4) is 0 Å². The van der Waals surface area contributed by atoms with E-state index < -0.39 is 0 Å². The van der Waals surface area contributed by atoms with E-state index in [1.165, 1.54) is 36.1 Å². The van der Waals surface area contributed by atoms with Crippen LogP contribution in [0.25, 0.3) is 0 Å². The van der Waals surface area contributed by atoms with Crippen LogP contribution in [0.1, 0.15) is 32.1 Å². The van der Waals surface area contributed by atoms with Gasteiger partial charge in [0.1, 0.15) is 6.54 Å². The van der Waals surface area contributed by atoms with E-state index in [0.717, 1.165) is 12.8 Å². The molecule has 2 rings (SSSR count). The smallest absolute Gasteiger partial charge is 0.251 e. The first kappa shape index (κ1) is 13.6. The van der Waals surface area contributed by atoms with Gasteiger partial charge in [0.2, 0.25) is 5.91 Å². The molecule has 1 saturated carbocycles. The van der Waals surface area contributed by atoms with Crippen LogP contribution in [0, 0.1) is 0 Å². The Morgan fingerprint density at radius 1 is 1.37 bits per heavy atom. The maximum Gasteiger partial charge on any atom is 0.251 e. The van der Waals surface area contributed by atoms with Gasteiger partial charge >= 0.3 is 0 Å². The molecule has 0 saturated heterocycles. The van der Waals surface area contributed by atoms with Gasteiger partial charge in [-0.15, -0.1) is 0 Å². The van der Waals surface area contributed by atoms with Gasteiger partial charge in [0.15, 0.2) is 0 Å². The van der Waals surface area contributed by atoms with Crippen molar-refractivity contribution < 1.29 is 4.79 Å². The van der Waals surface area contributed by atoms with Crippen molar-refractivity contribution in [2.24, 2.45) is 0 Å². The molecular formula is C14H21N3O2. The van der Waals surface area contributed by atoms with E-state index in [4.69, 9.17) is 5.73 Å². The SMILES string of the molecule is CN(C(=O)Cn1cc(N)ccc1=O)C1CCCCC1. The van der Waals surface area contributed by atoms with Crippen LogP contribution in [-0.4, -0.2) is 28.5 Å². The summed E-state index contributed by atoms with van der Waals surface area (Å²) in [7, 11) is 1.83. The normalized spacial score (nSPS) is 16.3. The van der Waals surface area contributed by atoms with Gasteiger partial charge in [0.05, 0.1) is 0 Å². The van der Waals surface area contributed by atoms with E-state index in [9.17, 15) is 9.59 Å². The summed E-state index contributed by atoms with van der Waals surface area (Å²) >= 11 is 0. The van der Waals surface area contributed by atoms with Crippen LogP contribution in [0.4, 0.5) is 5.69 Å². The molecule has 104 valence electrons. The average molecular weight is 263 g/mol. The minimum absolute atomic E-state index is 0.0281. The molecule has 1 heterocycles. The van der Waals surface area contributed by atoms with Crippen LogP contribution in [-0.2, 0) is 11.3 Å². The fourth-order valence-corrected chi connectivity index (χ4v) is 2.60. The lowest BCUT2D eigenvalue weighted by atomic mass is 9.94. The van der Waals surface area contributed by atoms with Crippen LogP contribution < -0.4 is 11.3 Å². The zero-order valence-corrected chi connectivity index (χ0v) is 11.3. The number of nitrogen functional groups attached to an aromatic ring is 1. The molecule has 0 radical (unpaired) electrons. The number of carbonyl (C=O) groups is 1. The van der Waals surface area contributed by atoms with Gasteiger partial charge in [-0.3, -0.25) is 9.59 Å². The molecule has 0 atom stereocenters. The number of carbonyl (C=O) groups excluding carboxylic acids is 1. The largest absolute Gasteiger partial charge is 0.398 e. The summed E-state index contributed by atoms with van der Waals surface area (Å²) in [5, 5.41) is 0. The lowest BCUT2D eigenvalue weighted by molar-refractivity contribution is -0.133. The van der Waals surface area contributed by atoms with Crippen molar-refractivity contribution in [1.29, 1.82) is 0 Å². The molecule has 5 heteroatoms. The van der Waals surface area contributed by atoms with Gasteiger partial charge in [-0.25, -0.2) is 0 Å². The van der Waals surface area contributed by atoms with E-state index in [1.807, 2.05) is 7.05 Å². The standard InChI is InChI=1S/C14H21N3O2/c1-16(12-5-3-2-4-6-12)14(19)10-17-9-11(15)7-8-13(17)18/h7-9,12H,2-6,10,15H2,1H3. The Kier molecular flexibility index (Phi) is 4.24. The number of amides is 1. The predicted molar refractivity (Wildman–Crippen MR) is 74.8 cm³/mol. The van der Waals surface area contributed by atoms with E-state index in [-0.39, 0.29) is 18.0 Å². The summed E-state index contributed by atoms with van der Waals surface area (Å²) in [6.45, 7) is 0.0663. The molecular weight excluding hydrogens is 242 g/mol. The molecule has 5 nitrogen and oxygen atoms in total. The predicted octanol–water partition coefficient (Wildman–Crippen LogP) is 1.22. The van der Waals surface area contributed by atoms with E-state index in [0.29, 0.717) is 11.7 Å². The summed E-state index contributed by atoms with van der Waals surface area (Å²) in [5.41, 5.74) is 5.94. The van der Waals surface area contributed by atoms with Gasteiger partial charge in [-0.1, -0.05) is 19.3 Å². The molecule has 19 heavy (non-hydrogen) atoms. The molecule has 0 aromatic carbocycles. The second-order valence-electron chi connectivity index (χ2n) is 5.23. The Hall–Kier alpha value is -1.78. The first-order valence-electron chi connectivity index (χ1n) is 6.79. The zero-order valence-electron chi connectivity index (χ0n) is 11.3. The maximum atomic E-state index is 12.2. The van der Waals surface area contributed by atoms with E-state index in [2.05, 4.69) is 0 Å². The topological polar surface area (TPSA) is 68.3 Å². The summed E-state index contributed by atoms with van der Waals surface area (Å²) < 4.78 is 1.37. The Morgan fingerprint density at radius 3 is 2.74 bits per heavy atom. The third-order valence-corrected chi connectivity index (χ3v) is 3.83. The number of likely N-dealkylation sites (N-methyl/N-ethyl adjacent to an activating group) is 1. The molecule has 1 amide bonds. The van der Waals surface area contributed by atoms with Crippen LogP contribution in [0.5, 0.6) is 0 Å². The minimum atomic E-state index is -0.195. The summed E-state index contributed by atoms with van der Waals surface area (Å²) in [6, 6.07) is 3.26. The van der Waals surface area contributed by atoms with Gasteiger partial charge in [-0.05, 0) is 18.9 Å². The minimum Gasteiger partial charge on any atom is -0.398 e. The Balaban J connectivity index is 2.03. The van der Waals surface area contributed by atoms with Crippen molar-refractivity contribution >= 4 is 11.6 Å². The van der Waals surface area contributed by atoms with Crippen LogP contribution in [0.15, 0.2) is 23.1 Å². The second-order valence-corrected chi connectivity index (χ2v) is 5.23. The van der Waals surface area contributed by atoms with Gasteiger partial charge in [0.25, 0.3) is 5.56 Å². The Labute approximate surface area is 113 Å². The number of pyridine rings is 1. The van der Waals surface area contributed by atoms with Crippen molar-refractivity contribution in [2.45, 2.75) is 44.7 Å². The van der Waals surface area contributed by atoms with Crippen molar-refractivity contribution in [1.82, 2.24) is 9.47 Å². The first-order valence-corrected chi connectivity index (χ1v) is 6.79. The van der Waals surface area contributed by atoms with Gasteiger partial charge < -0.3 is 15.2 Å². The highest BCUT2D eigenvalue weighted by Gasteiger charge is 2.22. The Bertz CT molecular complexity index is 504. The molecule has 1 aliphatic rings.